The predicted molar refractivity (Wildman–Crippen MR) is 135 cm³/mol. The van der Waals surface area contributed by atoms with Gasteiger partial charge in [-0.25, -0.2) is 4.98 Å². The van der Waals surface area contributed by atoms with Crippen LogP contribution in [0.3, 0.4) is 0 Å². The highest BCUT2D eigenvalue weighted by molar-refractivity contribution is 6.08. The summed E-state index contributed by atoms with van der Waals surface area (Å²) in [5, 5.41) is 5.86. The Kier molecular flexibility index (Phi) is 4.52. The molecule has 3 fully saturated rings. The van der Waals surface area contributed by atoms with Crippen LogP contribution in [0.5, 0.6) is 5.88 Å². The van der Waals surface area contributed by atoms with Gasteiger partial charge in [-0.15, -0.1) is 0 Å². The van der Waals surface area contributed by atoms with Gasteiger partial charge in [0.15, 0.2) is 0 Å². The molecule has 1 aromatic carbocycles. The number of ether oxygens (including phenoxy) is 1. The Morgan fingerprint density at radius 1 is 0.971 bits per heavy atom. The number of nitrogens with zero attached hydrogens (tertiary/aromatic N) is 4. The Hall–Kier alpha value is -2.96. The lowest BCUT2D eigenvalue weighted by Gasteiger charge is -2.59. The first kappa shape index (κ1) is 20.4. The molecule has 34 heavy (non-hydrogen) atoms. The van der Waals surface area contributed by atoms with Crippen molar-refractivity contribution in [3.63, 3.8) is 0 Å². The molecule has 3 aliphatic rings. The summed E-state index contributed by atoms with van der Waals surface area (Å²) in [5.41, 5.74) is 5.31. The van der Waals surface area contributed by atoms with Crippen LogP contribution in [0.15, 0.2) is 55.0 Å². The van der Waals surface area contributed by atoms with E-state index < -0.39 is 0 Å². The molecule has 3 aromatic heterocycles. The average Bonchev–Trinajstić information content (AvgIpc) is 3.06. The second kappa shape index (κ2) is 7.52. The van der Waals surface area contributed by atoms with Crippen LogP contribution in [-0.2, 0) is 7.05 Å². The Labute approximate surface area is 199 Å². The molecule has 0 unspecified atom stereocenters. The highest BCUT2D eigenvalue weighted by Crippen LogP contribution is 2.48. The number of hydrogen-bond acceptors (Lipinski definition) is 5. The van der Waals surface area contributed by atoms with E-state index in [1.165, 1.54) is 47.7 Å². The number of rotatable bonds is 5. The molecule has 1 spiro atoms. The Bertz CT molecular complexity index is 1360. The number of hydrogen-bond donors (Lipinski definition) is 1. The number of fused-ring (bicyclic) bond motifs is 3. The normalized spacial score (nSPS) is 23.7. The monoisotopic (exact) mass is 453 g/mol. The molecular weight excluding hydrogens is 422 g/mol. The molecule has 0 atom stereocenters. The van der Waals surface area contributed by atoms with Crippen LogP contribution in [0.25, 0.3) is 32.9 Å². The molecule has 6 heteroatoms. The van der Waals surface area contributed by atoms with Crippen molar-refractivity contribution < 1.29 is 4.74 Å². The third-order valence-electron chi connectivity index (χ3n) is 8.72. The SMILES string of the molecule is Cn1c2ccncc2c2ccc(-c3ccc(O[C@H]4C[C@H](N(C)C5CC6(CNC6)C5)C4)nc3)cc21. The summed E-state index contributed by atoms with van der Waals surface area (Å²) < 4.78 is 8.43. The van der Waals surface area contributed by atoms with Crippen LogP contribution in [0.2, 0.25) is 0 Å². The van der Waals surface area contributed by atoms with Crippen molar-refractivity contribution >= 4 is 21.8 Å². The molecular formula is C28H31N5O. The molecule has 1 aliphatic heterocycles. The molecule has 0 radical (unpaired) electrons. The van der Waals surface area contributed by atoms with Crippen molar-refractivity contribution in [2.75, 3.05) is 20.1 Å². The fourth-order valence-electron chi connectivity index (χ4n) is 6.28. The van der Waals surface area contributed by atoms with Crippen molar-refractivity contribution in [1.82, 2.24) is 24.8 Å². The first-order chi connectivity index (χ1) is 16.6. The average molecular weight is 454 g/mol. The lowest BCUT2D eigenvalue weighted by Crippen LogP contribution is -2.66. The van der Waals surface area contributed by atoms with Gasteiger partial charge in [0.2, 0.25) is 5.88 Å². The van der Waals surface area contributed by atoms with Gasteiger partial charge in [-0.05, 0) is 49.1 Å². The van der Waals surface area contributed by atoms with Gasteiger partial charge >= 0.3 is 0 Å². The molecule has 1 saturated heterocycles. The standard InChI is InChI=1S/C28H31N5O/c1-32(21-12-28(13-21)16-30-17-28)20-10-22(11-20)34-27-6-4-19(14-31-27)18-3-5-23-24-15-29-8-7-25(24)33(2)26(23)9-18/h3-9,14-15,20-22,30H,10-13,16-17H2,1-2H3/t20-,22-. The van der Waals surface area contributed by atoms with Crippen molar-refractivity contribution in [2.45, 2.75) is 43.9 Å². The maximum absolute atomic E-state index is 6.20. The minimum absolute atomic E-state index is 0.283. The quantitative estimate of drug-likeness (QED) is 0.486. The van der Waals surface area contributed by atoms with E-state index in [1.54, 1.807) is 0 Å². The molecule has 4 heterocycles. The number of nitrogens with one attached hydrogen (secondary N) is 1. The fraction of sp³-hybridized carbons (Fsp3) is 0.429. The van der Waals surface area contributed by atoms with E-state index in [4.69, 9.17) is 4.74 Å². The van der Waals surface area contributed by atoms with Crippen molar-refractivity contribution in [1.29, 1.82) is 0 Å². The van der Waals surface area contributed by atoms with Crippen LogP contribution in [0.1, 0.15) is 25.7 Å². The summed E-state index contributed by atoms with van der Waals surface area (Å²) in [6, 6.07) is 14.2. The van der Waals surface area contributed by atoms with Crippen LogP contribution in [0, 0.1) is 5.41 Å². The van der Waals surface area contributed by atoms with E-state index in [9.17, 15) is 0 Å². The summed E-state index contributed by atoms with van der Waals surface area (Å²) in [5.74, 6) is 0.731. The molecule has 1 N–H and O–H groups in total. The Morgan fingerprint density at radius 3 is 2.53 bits per heavy atom. The predicted octanol–water partition coefficient (Wildman–Crippen LogP) is 4.38. The number of benzene rings is 1. The van der Waals surface area contributed by atoms with Gasteiger partial charge in [-0.3, -0.25) is 4.98 Å². The van der Waals surface area contributed by atoms with E-state index >= 15 is 0 Å². The summed E-state index contributed by atoms with van der Waals surface area (Å²) in [6.45, 7) is 2.45. The fourth-order valence-corrected chi connectivity index (χ4v) is 6.28. The lowest BCUT2D eigenvalue weighted by molar-refractivity contribution is -0.0728. The van der Waals surface area contributed by atoms with E-state index in [0.29, 0.717) is 11.5 Å². The molecule has 2 saturated carbocycles. The van der Waals surface area contributed by atoms with E-state index in [0.717, 1.165) is 35.9 Å². The highest BCUT2D eigenvalue weighted by atomic mass is 16.5. The van der Waals surface area contributed by atoms with Crippen LogP contribution in [0.4, 0.5) is 0 Å². The minimum Gasteiger partial charge on any atom is -0.474 e. The number of aryl methyl sites for hydroxylation is 1. The van der Waals surface area contributed by atoms with E-state index in [-0.39, 0.29) is 6.10 Å². The second-order valence-corrected chi connectivity index (χ2v) is 10.8. The highest BCUT2D eigenvalue weighted by Gasteiger charge is 2.51. The topological polar surface area (TPSA) is 55.2 Å². The lowest BCUT2D eigenvalue weighted by atomic mass is 9.61. The minimum atomic E-state index is 0.283. The third-order valence-corrected chi connectivity index (χ3v) is 8.72. The Balaban J connectivity index is 1.00. The summed E-state index contributed by atoms with van der Waals surface area (Å²) in [7, 11) is 4.42. The van der Waals surface area contributed by atoms with Gasteiger partial charge in [0.05, 0.1) is 5.52 Å². The molecule has 0 bridgehead atoms. The van der Waals surface area contributed by atoms with Crippen LogP contribution >= 0.6 is 0 Å². The van der Waals surface area contributed by atoms with Crippen molar-refractivity contribution in [3.05, 3.63) is 55.0 Å². The Morgan fingerprint density at radius 2 is 1.79 bits per heavy atom. The summed E-state index contributed by atoms with van der Waals surface area (Å²) >= 11 is 0. The maximum atomic E-state index is 6.20. The first-order valence-corrected chi connectivity index (χ1v) is 12.5. The zero-order valence-corrected chi connectivity index (χ0v) is 19.9. The van der Waals surface area contributed by atoms with Gasteiger partial charge in [-0.2, -0.15) is 0 Å². The van der Waals surface area contributed by atoms with Crippen LogP contribution in [-0.4, -0.2) is 57.8 Å². The van der Waals surface area contributed by atoms with Gasteiger partial charge in [-0.1, -0.05) is 12.1 Å². The largest absolute Gasteiger partial charge is 0.474 e. The molecule has 6 nitrogen and oxygen atoms in total. The van der Waals surface area contributed by atoms with Gasteiger partial charge in [0.25, 0.3) is 0 Å². The van der Waals surface area contributed by atoms with Gasteiger partial charge in [0, 0.05) is 91.6 Å². The summed E-state index contributed by atoms with van der Waals surface area (Å²) in [4.78, 5) is 11.5. The molecule has 7 rings (SSSR count). The van der Waals surface area contributed by atoms with Crippen molar-refractivity contribution in [2.24, 2.45) is 12.5 Å². The molecule has 4 aromatic rings. The zero-order chi connectivity index (χ0) is 22.9. The zero-order valence-electron chi connectivity index (χ0n) is 19.9. The number of aromatic nitrogens is 3. The smallest absolute Gasteiger partial charge is 0.213 e. The van der Waals surface area contributed by atoms with Crippen molar-refractivity contribution in [3.8, 4) is 17.0 Å². The number of pyridine rings is 2. The third kappa shape index (κ3) is 3.16. The summed E-state index contributed by atoms with van der Waals surface area (Å²) in [6.07, 6.45) is 11.0. The molecule has 2 aliphatic carbocycles. The van der Waals surface area contributed by atoms with Crippen LogP contribution < -0.4 is 10.1 Å². The van der Waals surface area contributed by atoms with E-state index in [1.807, 2.05) is 24.7 Å². The first-order valence-electron chi connectivity index (χ1n) is 12.5. The van der Waals surface area contributed by atoms with Gasteiger partial charge in [0.1, 0.15) is 6.10 Å². The van der Waals surface area contributed by atoms with Gasteiger partial charge < -0.3 is 19.5 Å². The molecule has 174 valence electrons. The second-order valence-electron chi connectivity index (χ2n) is 10.8. The molecule has 0 amide bonds. The maximum Gasteiger partial charge on any atom is 0.213 e. The van der Waals surface area contributed by atoms with E-state index in [2.05, 4.69) is 69.2 Å².